The summed E-state index contributed by atoms with van der Waals surface area (Å²) in [7, 11) is 0. The number of allylic oxidation sites excluding steroid dienone is 5. The monoisotopic (exact) mass is 419 g/mol. The van der Waals surface area contributed by atoms with Crippen LogP contribution >= 0.6 is 0 Å². The lowest BCUT2D eigenvalue weighted by molar-refractivity contribution is 0.919. The van der Waals surface area contributed by atoms with Crippen LogP contribution in [0.25, 0.3) is 12.2 Å². The van der Waals surface area contributed by atoms with Gasteiger partial charge in [-0.1, -0.05) is 104 Å². The number of hydrazone groups is 1. The summed E-state index contributed by atoms with van der Waals surface area (Å²) in [6.07, 6.45) is 21.4. The largest absolute Gasteiger partial charge is 0.320 e. The molecule has 0 saturated carbocycles. The normalized spacial score (nSPS) is 17.0. The zero-order valence-electron chi connectivity index (χ0n) is 18.6. The molecule has 0 saturated heterocycles. The Kier molecular flexibility index (Phi) is 8.06. The van der Waals surface area contributed by atoms with Gasteiger partial charge in [0, 0.05) is 18.2 Å². The number of anilines is 1. The molecule has 0 fully saturated rings. The van der Waals surface area contributed by atoms with Crippen LogP contribution in [0.2, 0.25) is 0 Å². The van der Waals surface area contributed by atoms with Crippen LogP contribution in [0.15, 0.2) is 96.7 Å². The van der Waals surface area contributed by atoms with Crippen molar-refractivity contribution in [2.75, 3.05) is 4.90 Å². The Balaban J connectivity index is 2.20. The smallest absolute Gasteiger partial charge is 0.157 e. The van der Waals surface area contributed by atoms with E-state index in [0.29, 0.717) is 6.54 Å². The third-order valence-corrected chi connectivity index (χ3v) is 5.26. The topological polar surface area (TPSA) is 27.6 Å². The Labute approximate surface area is 191 Å². The lowest BCUT2D eigenvalue weighted by Crippen LogP contribution is -2.34. The van der Waals surface area contributed by atoms with E-state index in [9.17, 15) is 0 Å². The molecule has 1 aliphatic rings. The molecular weight excluding hydrogens is 390 g/mol. The quantitative estimate of drug-likeness (QED) is 0.180. The van der Waals surface area contributed by atoms with Crippen LogP contribution in [-0.2, 0) is 6.54 Å². The Morgan fingerprint density at radius 1 is 1.16 bits per heavy atom. The van der Waals surface area contributed by atoms with Crippen molar-refractivity contribution < 1.29 is 0 Å². The van der Waals surface area contributed by atoms with Crippen LogP contribution in [0.5, 0.6) is 0 Å². The molecule has 3 heteroatoms. The standard InChI is InChI=1S/C29H29N3/c1-5-25-19-14-20-28(27(25)6-2)32(22-24-16-13-15-23(4)21-24)29(31-30-7-3)26-17-11-9-8-10-12-18-26/h3,5-6,8-11,13-17,19-21,30H,1-2,12,18,22H2,4H3/b10-8-,11-9-,26-17+,31-29-. The summed E-state index contributed by atoms with van der Waals surface area (Å²) >= 11 is 0. The molecule has 1 N–H and O–H groups in total. The van der Waals surface area contributed by atoms with Crippen LogP contribution in [0, 0.1) is 19.4 Å². The van der Waals surface area contributed by atoms with Crippen molar-refractivity contribution in [1.29, 1.82) is 0 Å². The first-order valence-electron chi connectivity index (χ1n) is 10.7. The maximum atomic E-state index is 5.51. The second-order valence-electron chi connectivity index (χ2n) is 7.50. The van der Waals surface area contributed by atoms with Gasteiger partial charge in [0.25, 0.3) is 0 Å². The molecule has 32 heavy (non-hydrogen) atoms. The molecule has 0 atom stereocenters. The molecule has 1 aliphatic carbocycles. The van der Waals surface area contributed by atoms with Crippen molar-refractivity contribution in [2.45, 2.75) is 26.3 Å². The van der Waals surface area contributed by atoms with Gasteiger partial charge in [0.05, 0.1) is 5.69 Å². The second-order valence-corrected chi connectivity index (χ2v) is 7.50. The molecule has 3 rings (SSSR count). The van der Waals surface area contributed by atoms with E-state index in [-0.39, 0.29) is 0 Å². The number of rotatable bonds is 7. The van der Waals surface area contributed by atoms with Crippen LogP contribution < -0.4 is 10.3 Å². The Bertz CT molecular complexity index is 1140. The Hall–Kier alpha value is -4.03. The average molecular weight is 420 g/mol. The second kappa shape index (κ2) is 11.4. The number of nitrogens with one attached hydrogen (secondary N) is 1. The molecule has 0 amide bonds. The van der Waals surface area contributed by atoms with E-state index in [0.717, 1.165) is 41.1 Å². The number of amidine groups is 1. The minimum Gasteiger partial charge on any atom is -0.320 e. The number of aryl methyl sites for hydroxylation is 1. The Morgan fingerprint density at radius 2 is 2.00 bits per heavy atom. The summed E-state index contributed by atoms with van der Waals surface area (Å²) in [5, 5.41) is 4.63. The minimum absolute atomic E-state index is 0.630. The first kappa shape index (κ1) is 22.7. The van der Waals surface area contributed by atoms with Gasteiger partial charge in [0.1, 0.15) is 0 Å². The van der Waals surface area contributed by atoms with Gasteiger partial charge in [-0.2, -0.15) is 0 Å². The Morgan fingerprint density at radius 3 is 2.75 bits per heavy atom. The molecule has 2 aromatic rings. The van der Waals surface area contributed by atoms with E-state index in [1.807, 2.05) is 36.4 Å². The zero-order chi connectivity index (χ0) is 22.8. The van der Waals surface area contributed by atoms with Crippen molar-refractivity contribution in [1.82, 2.24) is 5.43 Å². The lowest BCUT2D eigenvalue weighted by Gasteiger charge is -2.30. The SMILES string of the molecule is C#CN/N=C(/C1=C/C=C\C=C/CC1)N(Cc1cccc(C)c1)c1cccc(C=C)c1C=C. The highest BCUT2D eigenvalue weighted by atomic mass is 15.3. The van der Waals surface area contributed by atoms with Crippen molar-refractivity contribution in [3.05, 3.63) is 114 Å². The summed E-state index contributed by atoms with van der Waals surface area (Å²) in [5.41, 5.74) is 9.25. The lowest BCUT2D eigenvalue weighted by atomic mass is 10.0. The highest BCUT2D eigenvalue weighted by Gasteiger charge is 2.21. The van der Waals surface area contributed by atoms with E-state index >= 15 is 0 Å². The maximum Gasteiger partial charge on any atom is 0.157 e. The van der Waals surface area contributed by atoms with Crippen LogP contribution in [0.1, 0.15) is 35.1 Å². The number of nitrogens with zero attached hydrogens (tertiary/aromatic N) is 2. The molecule has 3 nitrogen and oxygen atoms in total. The summed E-state index contributed by atoms with van der Waals surface area (Å²) in [6.45, 7) is 10.8. The first-order valence-corrected chi connectivity index (χ1v) is 10.7. The number of hydrogen-bond donors (Lipinski definition) is 1. The fourth-order valence-electron chi connectivity index (χ4n) is 3.78. The van der Waals surface area contributed by atoms with Gasteiger partial charge in [0.15, 0.2) is 5.84 Å². The van der Waals surface area contributed by atoms with Crippen molar-refractivity contribution in [3.63, 3.8) is 0 Å². The van der Waals surface area contributed by atoms with Crippen LogP contribution in [0.3, 0.4) is 0 Å². The van der Waals surface area contributed by atoms with E-state index in [1.54, 1.807) is 0 Å². The molecule has 0 heterocycles. The number of terminal acetylenes is 1. The third kappa shape index (κ3) is 5.56. The zero-order valence-corrected chi connectivity index (χ0v) is 18.6. The van der Waals surface area contributed by atoms with Crippen molar-refractivity contribution in [2.24, 2.45) is 5.10 Å². The number of benzene rings is 2. The summed E-state index contributed by atoms with van der Waals surface area (Å²) in [6, 6.07) is 17.1. The maximum absolute atomic E-state index is 5.51. The summed E-state index contributed by atoms with van der Waals surface area (Å²) in [4.78, 5) is 2.20. The van der Waals surface area contributed by atoms with Gasteiger partial charge in [-0.05, 0) is 42.5 Å². The van der Waals surface area contributed by atoms with Gasteiger partial charge >= 0.3 is 0 Å². The minimum atomic E-state index is 0.630. The van der Waals surface area contributed by atoms with Crippen molar-refractivity contribution in [3.8, 4) is 12.5 Å². The molecule has 0 aromatic heterocycles. The molecule has 0 spiro atoms. The van der Waals surface area contributed by atoms with Crippen LogP contribution in [0.4, 0.5) is 5.69 Å². The third-order valence-electron chi connectivity index (χ3n) is 5.26. The highest BCUT2D eigenvalue weighted by molar-refractivity contribution is 6.10. The first-order chi connectivity index (χ1) is 15.7. The predicted octanol–water partition coefficient (Wildman–Crippen LogP) is 6.61. The molecule has 0 radical (unpaired) electrons. The summed E-state index contributed by atoms with van der Waals surface area (Å²) in [5.74, 6) is 0.786. The summed E-state index contributed by atoms with van der Waals surface area (Å²) < 4.78 is 0. The van der Waals surface area contributed by atoms with Gasteiger partial charge in [0.2, 0.25) is 0 Å². The predicted molar refractivity (Wildman–Crippen MR) is 139 cm³/mol. The van der Waals surface area contributed by atoms with Gasteiger partial charge in [-0.25, -0.2) is 5.43 Å². The van der Waals surface area contributed by atoms with Gasteiger partial charge < -0.3 is 4.90 Å². The molecular formula is C29H29N3. The molecule has 160 valence electrons. The van der Waals surface area contributed by atoms with Gasteiger partial charge in [-0.15, -0.1) is 5.10 Å². The molecule has 0 aliphatic heterocycles. The average Bonchev–Trinajstić information content (AvgIpc) is 2.78. The fraction of sp³-hybridized carbons (Fsp3) is 0.138. The van der Waals surface area contributed by atoms with Gasteiger partial charge in [-0.3, -0.25) is 0 Å². The van der Waals surface area contributed by atoms with E-state index in [2.05, 4.69) is 90.1 Å². The van der Waals surface area contributed by atoms with E-state index in [1.165, 1.54) is 11.1 Å². The van der Waals surface area contributed by atoms with E-state index in [4.69, 9.17) is 6.42 Å². The molecule has 0 unspecified atom stereocenters. The van der Waals surface area contributed by atoms with Crippen LogP contribution in [-0.4, -0.2) is 5.84 Å². The van der Waals surface area contributed by atoms with E-state index < -0.39 is 0 Å². The highest BCUT2D eigenvalue weighted by Crippen LogP contribution is 2.30. The number of hydrogen-bond acceptors (Lipinski definition) is 2. The fourth-order valence-corrected chi connectivity index (χ4v) is 3.78. The van der Waals surface area contributed by atoms with Crippen molar-refractivity contribution >= 4 is 23.7 Å². The molecule has 0 bridgehead atoms. The molecule has 2 aromatic carbocycles.